The normalized spacial score (nSPS) is 12.5. The monoisotopic (exact) mass is 287 g/mol. The molecule has 0 fully saturated rings. The molecule has 5 heteroatoms. The molecule has 0 amide bonds. The topological polar surface area (TPSA) is 43.0 Å². The van der Waals surface area contributed by atoms with Crippen LogP contribution in [0.5, 0.6) is 0 Å². The van der Waals surface area contributed by atoms with Crippen LogP contribution in [0.2, 0.25) is 5.02 Å². The SMILES string of the molecule is OC(Cn1cc(-n2cccc2)cn1)c1ccccc1Cl. The second kappa shape index (κ2) is 5.53. The summed E-state index contributed by atoms with van der Waals surface area (Å²) in [6, 6.07) is 11.2. The molecule has 2 aromatic heterocycles. The highest BCUT2D eigenvalue weighted by atomic mass is 35.5. The first-order valence-electron chi connectivity index (χ1n) is 6.32. The number of aromatic nitrogens is 3. The highest BCUT2D eigenvalue weighted by molar-refractivity contribution is 6.31. The van der Waals surface area contributed by atoms with E-state index in [4.69, 9.17) is 11.6 Å². The summed E-state index contributed by atoms with van der Waals surface area (Å²) in [5.41, 5.74) is 1.67. The molecule has 0 bridgehead atoms. The summed E-state index contributed by atoms with van der Waals surface area (Å²) in [5.74, 6) is 0. The zero-order chi connectivity index (χ0) is 13.9. The molecule has 0 spiro atoms. The van der Waals surface area contributed by atoms with Gasteiger partial charge in [-0.3, -0.25) is 4.68 Å². The van der Waals surface area contributed by atoms with Crippen LogP contribution in [0.1, 0.15) is 11.7 Å². The fraction of sp³-hybridized carbons (Fsp3) is 0.133. The highest BCUT2D eigenvalue weighted by Crippen LogP contribution is 2.23. The van der Waals surface area contributed by atoms with Crippen LogP contribution < -0.4 is 0 Å². The Morgan fingerprint density at radius 2 is 1.90 bits per heavy atom. The minimum Gasteiger partial charge on any atom is -0.386 e. The van der Waals surface area contributed by atoms with Crippen molar-refractivity contribution in [2.45, 2.75) is 12.6 Å². The third kappa shape index (κ3) is 2.61. The van der Waals surface area contributed by atoms with Crippen molar-refractivity contribution >= 4 is 11.6 Å². The first kappa shape index (κ1) is 13.0. The quantitative estimate of drug-likeness (QED) is 0.801. The molecule has 0 radical (unpaired) electrons. The van der Waals surface area contributed by atoms with Gasteiger partial charge >= 0.3 is 0 Å². The fourth-order valence-corrected chi connectivity index (χ4v) is 2.38. The van der Waals surface area contributed by atoms with Crippen LogP contribution in [0.3, 0.4) is 0 Å². The molecule has 0 saturated carbocycles. The largest absolute Gasteiger partial charge is 0.386 e. The predicted octanol–water partition coefficient (Wildman–Crippen LogP) is 3.06. The Labute approximate surface area is 121 Å². The summed E-state index contributed by atoms with van der Waals surface area (Å²) in [5, 5.41) is 15.1. The van der Waals surface area contributed by atoms with Crippen LogP contribution in [0.4, 0.5) is 0 Å². The van der Waals surface area contributed by atoms with Gasteiger partial charge in [-0.05, 0) is 18.2 Å². The number of aliphatic hydroxyl groups excluding tert-OH is 1. The molecule has 102 valence electrons. The number of hydrogen-bond donors (Lipinski definition) is 1. The Kier molecular flexibility index (Phi) is 3.58. The molecule has 3 aromatic rings. The number of nitrogens with zero attached hydrogens (tertiary/aromatic N) is 3. The van der Waals surface area contributed by atoms with Crippen molar-refractivity contribution in [2.75, 3.05) is 0 Å². The van der Waals surface area contributed by atoms with E-state index >= 15 is 0 Å². The van der Waals surface area contributed by atoms with E-state index in [1.54, 1.807) is 16.9 Å². The molecule has 20 heavy (non-hydrogen) atoms. The van der Waals surface area contributed by atoms with Gasteiger partial charge in [0.05, 0.1) is 24.5 Å². The van der Waals surface area contributed by atoms with Crippen molar-refractivity contribution in [1.82, 2.24) is 14.3 Å². The van der Waals surface area contributed by atoms with Crippen LogP contribution in [-0.4, -0.2) is 19.5 Å². The van der Waals surface area contributed by atoms with Crippen LogP contribution in [-0.2, 0) is 6.54 Å². The van der Waals surface area contributed by atoms with Crippen LogP contribution >= 0.6 is 11.6 Å². The fourth-order valence-electron chi connectivity index (χ4n) is 2.11. The lowest BCUT2D eigenvalue weighted by molar-refractivity contribution is 0.151. The third-order valence-electron chi connectivity index (χ3n) is 3.15. The van der Waals surface area contributed by atoms with Crippen LogP contribution in [0, 0.1) is 0 Å². The van der Waals surface area contributed by atoms with Crippen molar-refractivity contribution in [3.8, 4) is 5.69 Å². The number of rotatable bonds is 4. The van der Waals surface area contributed by atoms with E-state index in [-0.39, 0.29) is 0 Å². The summed E-state index contributed by atoms with van der Waals surface area (Å²) in [4.78, 5) is 0. The van der Waals surface area contributed by atoms with Gasteiger partial charge in [-0.25, -0.2) is 0 Å². The van der Waals surface area contributed by atoms with Crippen LogP contribution in [0.15, 0.2) is 61.2 Å². The first-order valence-corrected chi connectivity index (χ1v) is 6.70. The average Bonchev–Trinajstić information content (AvgIpc) is 3.09. The Morgan fingerprint density at radius 1 is 1.15 bits per heavy atom. The lowest BCUT2D eigenvalue weighted by Crippen LogP contribution is -2.09. The molecule has 1 atom stereocenters. The average molecular weight is 288 g/mol. The minimum absolute atomic E-state index is 0.366. The molecular formula is C15H14ClN3O. The second-order valence-corrected chi connectivity index (χ2v) is 4.96. The maximum absolute atomic E-state index is 10.2. The lowest BCUT2D eigenvalue weighted by Gasteiger charge is -2.12. The Bertz CT molecular complexity index is 691. The Hall–Kier alpha value is -2.04. The maximum Gasteiger partial charge on any atom is 0.1000 e. The number of aliphatic hydroxyl groups is 1. The standard InChI is InChI=1S/C15H14ClN3O/c16-14-6-2-1-5-13(14)15(20)11-19-10-12(9-17-19)18-7-3-4-8-18/h1-10,15,20H,11H2. The molecule has 0 aliphatic carbocycles. The van der Waals surface area contributed by atoms with Crippen molar-refractivity contribution in [1.29, 1.82) is 0 Å². The van der Waals surface area contributed by atoms with E-state index in [9.17, 15) is 5.11 Å². The minimum atomic E-state index is -0.680. The van der Waals surface area contributed by atoms with E-state index in [1.807, 2.05) is 53.5 Å². The molecule has 2 heterocycles. The van der Waals surface area contributed by atoms with Gasteiger partial charge in [-0.1, -0.05) is 29.8 Å². The van der Waals surface area contributed by atoms with Gasteiger partial charge in [0.25, 0.3) is 0 Å². The molecule has 1 unspecified atom stereocenters. The summed E-state index contributed by atoms with van der Waals surface area (Å²) in [6.07, 6.45) is 6.87. The van der Waals surface area contributed by atoms with E-state index in [1.165, 1.54) is 0 Å². The Morgan fingerprint density at radius 3 is 2.65 bits per heavy atom. The zero-order valence-electron chi connectivity index (χ0n) is 10.7. The molecule has 4 nitrogen and oxygen atoms in total. The smallest absolute Gasteiger partial charge is 0.1000 e. The van der Waals surface area contributed by atoms with Gasteiger partial charge in [0, 0.05) is 29.2 Å². The summed E-state index contributed by atoms with van der Waals surface area (Å²) in [7, 11) is 0. The second-order valence-electron chi connectivity index (χ2n) is 4.55. The van der Waals surface area contributed by atoms with Gasteiger partial charge in [0.1, 0.15) is 0 Å². The number of hydrogen-bond acceptors (Lipinski definition) is 2. The highest BCUT2D eigenvalue weighted by Gasteiger charge is 2.12. The number of halogens is 1. The molecule has 3 rings (SSSR count). The molecule has 1 N–H and O–H groups in total. The van der Waals surface area contributed by atoms with Crippen molar-refractivity contribution < 1.29 is 5.11 Å². The molecule has 0 saturated heterocycles. The van der Waals surface area contributed by atoms with Gasteiger partial charge in [0.2, 0.25) is 0 Å². The van der Waals surface area contributed by atoms with Crippen molar-refractivity contribution in [2.24, 2.45) is 0 Å². The van der Waals surface area contributed by atoms with E-state index in [2.05, 4.69) is 5.10 Å². The molecule has 1 aromatic carbocycles. The summed E-state index contributed by atoms with van der Waals surface area (Å²) >= 11 is 6.08. The van der Waals surface area contributed by atoms with Gasteiger partial charge in [-0.15, -0.1) is 0 Å². The van der Waals surface area contributed by atoms with Crippen molar-refractivity contribution in [3.63, 3.8) is 0 Å². The molecule has 0 aliphatic rings. The van der Waals surface area contributed by atoms with E-state index < -0.39 is 6.10 Å². The van der Waals surface area contributed by atoms with Gasteiger partial charge < -0.3 is 9.67 Å². The molecule has 0 aliphatic heterocycles. The maximum atomic E-state index is 10.2. The van der Waals surface area contributed by atoms with E-state index in [0.717, 1.165) is 5.69 Å². The van der Waals surface area contributed by atoms with Gasteiger partial charge in [0.15, 0.2) is 0 Å². The zero-order valence-corrected chi connectivity index (χ0v) is 11.5. The summed E-state index contributed by atoms with van der Waals surface area (Å²) in [6.45, 7) is 0.366. The third-order valence-corrected chi connectivity index (χ3v) is 3.49. The Balaban J connectivity index is 1.77. The molecular weight excluding hydrogens is 274 g/mol. The van der Waals surface area contributed by atoms with Crippen LogP contribution in [0.25, 0.3) is 5.69 Å². The predicted molar refractivity (Wildman–Crippen MR) is 78.0 cm³/mol. The summed E-state index contributed by atoms with van der Waals surface area (Å²) < 4.78 is 3.68. The van der Waals surface area contributed by atoms with E-state index in [0.29, 0.717) is 17.1 Å². The number of benzene rings is 1. The van der Waals surface area contributed by atoms with Crippen molar-refractivity contribution in [3.05, 3.63) is 71.8 Å². The van der Waals surface area contributed by atoms with Gasteiger partial charge in [-0.2, -0.15) is 5.10 Å². The lowest BCUT2D eigenvalue weighted by atomic mass is 10.1. The first-order chi connectivity index (χ1) is 9.74.